The minimum Gasteiger partial charge on any atom is -0.454 e. The highest BCUT2D eigenvalue weighted by Gasteiger charge is 2.32. The lowest BCUT2D eigenvalue weighted by Gasteiger charge is -2.25. The van der Waals surface area contributed by atoms with Crippen LogP contribution in [0.4, 0.5) is 0 Å². The Hall–Kier alpha value is -2.24. The summed E-state index contributed by atoms with van der Waals surface area (Å²) in [6.07, 6.45) is -0.671. The molecule has 0 N–H and O–H groups in total. The summed E-state index contributed by atoms with van der Waals surface area (Å²) in [6, 6.07) is 29.0. The summed E-state index contributed by atoms with van der Waals surface area (Å²) >= 11 is 3.36. The molecule has 0 saturated carbocycles. The number of alkyl halides is 1. The molecule has 0 aliphatic carbocycles. The average Bonchev–Trinajstić information content (AvgIpc) is 2.74. The summed E-state index contributed by atoms with van der Waals surface area (Å²) in [5.74, 6) is 0.334. The zero-order valence-electron chi connectivity index (χ0n) is 18.2. The van der Waals surface area contributed by atoms with Gasteiger partial charge in [0.05, 0.1) is 10.9 Å². The summed E-state index contributed by atoms with van der Waals surface area (Å²) in [6.45, 7) is 7.47. The van der Waals surface area contributed by atoms with E-state index in [1.54, 1.807) is 13.8 Å². The summed E-state index contributed by atoms with van der Waals surface area (Å²) in [7, 11) is -0.271. The smallest absolute Gasteiger partial charge is 0.325 e. The molecule has 0 amide bonds. The van der Waals surface area contributed by atoms with Crippen LogP contribution in [0.3, 0.4) is 0 Å². The molecule has 0 heterocycles. The van der Waals surface area contributed by atoms with Gasteiger partial charge in [-0.05, 0) is 50.2 Å². The molecule has 0 aromatic heterocycles. The molecule has 0 spiro atoms. The third-order valence-corrected chi connectivity index (χ3v) is 7.04. The second-order valence-electron chi connectivity index (χ2n) is 8.02. The van der Waals surface area contributed by atoms with E-state index in [-0.39, 0.29) is 22.8 Å². The molecule has 3 nitrogen and oxygen atoms in total. The number of hydrogen-bond donors (Lipinski definition) is 0. The van der Waals surface area contributed by atoms with Gasteiger partial charge < -0.3 is 9.47 Å². The maximum atomic E-state index is 12.4. The van der Waals surface area contributed by atoms with Crippen LogP contribution in [0.2, 0.25) is 0 Å². The number of benzene rings is 3. The minimum atomic E-state index is -0.765. The standard InChI is InChI=1S/C26H28BrO3S/c1-19(2)24(30-25(28)26(3,4)27)29-20-12-11-17-23(18-20)31(21-13-7-5-8-14-21)22-15-9-6-10-16-22/h5-19,24H,1-4H3/q+1. The zero-order valence-corrected chi connectivity index (χ0v) is 20.7. The molecule has 3 aromatic rings. The van der Waals surface area contributed by atoms with Crippen molar-refractivity contribution in [2.75, 3.05) is 0 Å². The van der Waals surface area contributed by atoms with Crippen LogP contribution in [0.1, 0.15) is 27.7 Å². The molecule has 0 aliphatic rings. The minimum absolute atomic E-state index is 0.00366. The molecule has 0 aliphatic heterocycles. The van der Waals surface area contributed by atoms with Crippen LogP contribution in [-0.4, -0.2) is 16.6 Å². The predicted octanol–water partition coefficient (Wildman–Crippen LogP) is 6.86. The Morgan fingerprint density at radius 1 is 0.839 bits per heavy atom. The molecular weight excluding hydrogens is 472 g/mol. The van der Waals surface area contributed by atoms with E-state index >= 15 is 0 Å². The Kier molecular flexibility index (Phi) is 7.84. The highest BCUT2D eigenvalue weighted by Crippen LogP contribution is 2.33. The Morgan fingerprint density at radius 3 is 1.84 bits per heavy atom. The van der Waals surface area contributed by atoms with Crippen molar-refractivity contribution < 1.29 is 14.3 Å². The van der Waals surface area contributed by atoms with Gasteiger partial charge in [-0.15, -0.1) is 0 Å². The highest BCUT2D eigenvalue weighted by atomic mass is 79.9. The first-order valence-corrected chi connectivity index (χ1v) is 12.3. The fourth-order valence-corrected chi connectivity index (χ4v) is 5.09. The quantitative estimate of drug-likeness (QED) is 0.147. The van der Waals surface area contributed by atoms with Crippen molar-refractivity contribution in [2.45, 2.75) is 53.0 Å². The molecule has 162 valence electrons. The van der Waals surface area contributed by atoms with Crippen molar-refractivity contribution in [1.82, 2.24) is 0 Å². The van der Waals surface area contributed by atoms with Gasteiger partial charge in [-0.3, -0.25) is 4.79 Å². The van der Waals surface area contributed by atoms with Gasteiger partial charge in [-0.2, -0.15) is 0 Å². The van der Waals surface area contributed by atoms with Crippen molar-refractivity contribution in [3.05, 3.63) is 84.9 Å². The van der Waals surface area contributed by atoms with Crippen LogP contribution in [0.25, 0.3) is 0 Å². The fourth-order valence-electron chi connectivity index (χ4n) is 2.87. The lowest BCUT2D eigenvalue weighted by atomic mass is 10.2. The number of halogens is 1. The van der Waals surface area contributed by atoms with E-state index in [1.165, 1.54) is 9.79 Å². The van der Waals surface area contributed by atoms with Crippen LogP contribution in [0, 0.1) is 5.92 Å². The second-order valence-corrected chi connectivity index (χ2v) is 12.0. The van der Waals surface area contributed by atoms with E-state index in [2.05, 4.69) is 70.5 Å². The summed E-state index contributed by atoms with van der Waals surface area (Å²) in [5, 5.41) is 0. The Labute approximate surface area is 196 Å². The van der Waals surface area contributed by atoms with Crippen molar-refractivity contribution in [2.24, 2.45) is 5.92 Å². The number of carbonyl (C=O) groups is 1. The summed E-state index contributed by atoms with van der Waals surface area (Å²) < 4.78 is 11.0. The topological polar surface area (TPSA) is 35.5 Å². The normalized spacial score (nSPS) is 12.6. The molecule has 3 aromatic carbocycles. The van der Waals surface area contributed by atoms with Gasteiger partial charge in [0.25, 0.3) is 0 Å². The van der Waals surface area contributed by atoms with Crippen molar-refractivity contribution in [1.29, 1.82) is 0 Å². The average molecular weight is 500 g/mol. The molecule has 31 heavy (non-hydrogen) atoms. The van der Waals surface area contributed by atoms with Gasteiger partial charge >= 0.3 is 5.97 Å². The van der Waals surface area contributed by atoms with Crippen LogP contribution >= 0.6 is 15.9 Å². The molecule has 0 fully saturated rings. The first kappa shape index (κ1) is 23.4. The molecule has 5 heteroatoms. The van der Waals surface area contributed by atoms with Crippen LogP contribution < -0.4 is 4.74 Å². The summed E-state index contributed by atoms with van der Waals surface area (Å²) in [4.78, 5) is 16.0. The number of ether oxygens (including phenoxy) is 2. The van der Waals surface area contributed by atoms with Gasteiger partial charge in [0.2, 0.25) is 6.29 Å². The maximum absolute atomic E-state index is 12.4. The van der Waals surface area contributed by atoms with Gasteiger partial charge in [-0.1, -0.05) is 72.2 Å². The van der Waals surface area contributed by atoms with Crippen molar-refractivity contribution >= 4 is 32.8 Å². The van der Waals surface area contributed by atoms with E-state index < -0.39 is 10.6 Å². The first-order valence-electron chi connectivity index (χ1n) is 10.3. The molecule has 0 saturated heterocycles. The summed E-state index contributed by atoms with van der Waals surface area (Å²) in [5.41, 5.74) is 0. The van der Waals surface area contributed by atoms with Crippen molar-refractivity contribution in [3.8, 4) is 5.75 Å². The van der Waals surface area contributed by atoms with E-state index in [4.69, 9.17) is 9.47 Å². The largest absolute Gasteiger partial charge is 0.454 e. The van der Waals surface area contributed by atoms with E-state index in [0.29, 0.717) is 5.75 Å². The second kappa shape index (κ2) is 10.4. The highest BCUT2D eigenvalue weighted by molar-refractivity contribution is 9.10. The van der Waals surface area contributed by atoms with Gasteiger partial charge in [0.1, 0.15) is 10.1 Å². The zero-order chi connectivity index (χ0) is 22.4. The molecular formula is C26H28BrO3S+. The van der Waals surface area contributed by atoms with Gasteiger partial charge in [-0.25, -0.2) is 0 Å². The Morgan fingerprint density at radius 2 is 1.35 bits per heavy atom. The van der Waals surface area contributed by atoms with Gasteiger partial charge in [0, 0.05) is 12.0 Å². The van der Waals surface area contributed by atoms with Crippen LogP contribution in [0.5, 0.6) is 5.75 Å². The van der Waals surface area contributed by atoms with E-state index in [1.807, 2.05) is 44.2 Å². The molecule has 1 atom stereocenters. The predicted molar refractivity (Wildman–Crippen MR) is 130 cm³/mol. The Balaban J connectivity index is 1.92. The molecule has 0 radical (unpaired) electrons. The number of rotatable bonds is 8. The van der Waals surface area contributed by atoms with E-state index in [9.17, 15) is 4.79 Å². The molecule has 0 bridgehead atoms. The van der Waals surface area contributed by atoms with Crippen molar-refractivity contribution in [3.63, 3.8) is 0 Å². The lowest BCUT2D eigenvalue weighted by Crippen LogP contribution is -2.36. The third-order valence-electron chi connectivity index (χ3n) is 4.50. The van der Waals surface area contributed by atoms with Crippen LogP contribution in [-0.2, 0) is 20.4 Å². The monoisotopic (exact) mass is 499 g/mol. The SMILES string of the molecule is CC(C)C(OC(=O)C(C)(C)Br)Oc1cccc([S+](c2ccccc2)c2ccccc2)c1. The number of esters is 1. The molecule has 1 unspecified atom stereocenters. The number of hydrogen-bond acceptors (Lipinski definition) is 3. The van der Waals surface area contributed by atoms with Gasteiger partial charge in [0.15, 0.2) is 14.7 Å². The van der Waals surface area contributed by atoms with E-state index in [0.717, 1.165) is 4.90 Å². The first-order chi connectivity index (χ1) is 14.8. The third kappa shape index (κ3) is 6.37. The maximum Gasteiger partial charge on any atom is 0.325 e. The lowest BCUT2D eigenvalue weighted by molar-refractivity contribution is -0.171. The number of carbonyl (C=O) groups excluding carboxylic acids is 1. The Bertz CT molecular complexity index is 945. The molecule has 3 rings (SSSR count). The van der Waals surface area contributed by atoms with Crippen LogP contribution in [0.15, 0.2) is 99.6 Å². The fraction of sp³-hybridized carbons (Fsp3) is 0.269.